The second kappa shape index (κ2) is 9.24. The molecule has 1 aliphatic heterocycles. The van der Waals surface area contributed by atoms with Crippen LogP contribution in [-0.4, -0.2) is 30.6 Å². The molecule has 1 saturated heterocycles. The normalized spacial score (nSPS) is 15.4. The van der Waals surface area contributed by atoms with E-state index in [1.165, 1.54) is 16.7 Å². The monoisotopic (exact) mass is 379 g/mol. The number of anilines is 1. The number of rotatable bonds is 5. The van der Waals surface area contributed by atoms with Crippen molar-refractivity contribution < 1.29 is 4.79 Å². The van der Waals surface area contributed by atoms with E-state index >= 15 is 0 Å². The van der Waals surface area contributed by atoms with Crippen LogP contribution in [0, 0.1) is 33.6 Å². The Morgan fingerprint density at radius 1 is 1.00 bits per heavy atom. The van der Waals surface area contributed by atoms with Crippen molar-refractivity contribution in [2.45, 2.75) is 47.1 Å². The van der Waals surface area contributed by atoms with Gasteiger partial charge in [-0.05, 0) is 81.8 Å². The van der Waals surface area contributed by atoms with Crippen molar-refractivity contribution in [2.24, 2.45) is 5.92 Å². The first-order chi connectivity index (χ1) is 13.4. The summed E-state index contributed by atoms with van der Waals surface area (Å²) >= 11 is 0. The first kappa shape index (κ1) is 20.4. The van der Waals surface area contributed by atoms with Gasteiger partial charge in [0.1, 0.15) is 0 Å². The van der Waals surface area contributed by atoms with Crippen molar-refractivity contribution in [3.8, 4) is 0 Å². The summed E-state index contributed by atoms with van der Waals surface area (Å²) < 4.78 is 0. The van der Waals surface area contributed by atoms with Crippen molar-refractivity contribution in [2.75, 3.05) is 25.0 Å². The standard InChI is InChI=1S/C24H33N3O/c1-17-8-9-18(2)22(14-17)16-27-12-10-21(11-13-27)15-25-24(28)26-23-19(3)6-5-7-20(23)4/h5-9,14,21H,10-13,15-16H2,1-4H3,(H2,25,26,28). The molecule has 3 rings (SSSR count). The molecule has 2 aromatic rings. The van der Waals surface area contributed by atoms with Crippen LogP contribution >= 0.6 is 0 Å². The van der Waals surface area contributed by atoms with Crippen LogP contribution in [0.1, 0.15) is 40.7 Å². The van der Waals surface area contributed by atoms with Crippen molar-refractivity contribution in [1.82, 2.24) is 10.2 Å². The van der Waals surface area contributed by atoms with E-state index in [1.807, 2.05) is 32.0 Å². The van der Waals surface area contributed by atoms with E-state index in [0.29, 0.717) is 5.92 Å². The van der Waals surface area contributed by atoms with Crippen molar-refractivity contribution >= 4 is 11.7 Å². The van der Waals surface area contributed by atoms with Gasteiger partial charge in [0.05, 0.1) is 0 Å². The van der Waals surface area contributed by atoms with Crippen molar-refractivity contribution in [3.05, 3.63) is 64.2 Å². The quantitative estimate of drug-likeness (QED) is 0.772. The highest BCUT2D eigenvalue weighted by Gasteiger charge is 2.20. The maximum absolute atomic E-state index is 12.3. The third-order valence-electron chi connectivity index (χ3n) is 5.88. The van der Waals surface area contributed by atoms with Crippen LogP contribution in [0.4, 0.5) is 10.5 Å². The molecule has 1 fully saturated rings. The summed E-state index contributed by atoms with van der Waals surface area (Å²) in [5.41, 5.74) is 7.24. The third-order valence-corrected chi connectivity index (χ3v) is 5.88. The van der Waals surface area contributed by atoms with Gasteiger partial charge in [-0.2, -0.15) is 0 Å². The largest absolute Gasteiger partial charge is 0.338 e. The van der Waals surface area contributed by atoms with Gasteiger partial charge in [-0.3, -0.25) is 4.90 Å². The smallest absolute Gasteiger partial charge is 0.319 e. The lowest BCUT2D eigenvalue weighted by atomic mass is 9.96. The Balaban J connectivity index is 1.43. The molecule has 0 atom stereocenters. The highest BCUT2D eigenvalue weighted by atomic mass is 16.2. The zero-order valence-electron chi connectivity index (χ0n) is 17.6. The van der Waals surface area contributed by atoms with Crippen LogP contribution in [-0.2, 0) is 6.54 Å². The van der Waals surface area contributed by atoms with E-state index in [9.17, 15) is 4.79 Å². The van der Waals surface area contributed by atoms with Crippen LogP contribution in [0.5, 0.6) is 0 Å². The summed E-state index contributed by atoms with van der Waals surface area (Å²) in [6.45, 7) is 12.4. The molecule has 1 heterocycles. The van der Waals surface area contributed by atoms with Crippen LogP contribution in [0.15, 0.2) is 36.4 Å². The fourth-order valence-corrected chi connectivity index (χ4v) is 3.97. The SMILES string of the molecule is Cc1ccc(C)c(CN2CCC(CNC(=O)Nc3c(C)cccc3C)CC2)c1. The predicted octanol–water partition coefficient (Wildman–Crippen LogP) is 4.95. The summed E-state index contributed by atoms with van der Waals surface area (Å²) in [4.78, 5) is 14.8. The number of carbonyl (C=O) groups is 1. The number of benzene rings is 2. The molecule has 1 aliphatic rings. The molecular formula is C24H33N3O. The number of aryl methyl sites for hydroxylation is 4. The lowest BCUT2D eigenvalue weighted by Gasteiger charge is -2.32. The molecule has 150 valence electrons. The maximum atomic E-state index is 12.3. The molecule has 0 radical (unpaired) electrons. The number of para-hydroxylation sites is 1. The van der Waals surface area contributed by atoms with Gasteiger partial charge < -0.3 is 10.6 Å². The van der Waals surface area contributed by atoms with E-state index in [4.69, 9.17) is 0 Å². The van der Waals surface area contributed by atoms with Crippen LogP contribution in [0.25, 0.3) is 0 Å². The van der Waals surface area contributed by atoms with Crippen LogP contribution in [0.3, 0.4) is 0 Å². The maximum Gasteiger partial charge on any atom is 0.319 e. The Morgan fingerprint density at radius 3 is 2.36 bits per heavy atom. The number of carbonyl (C=O) groups excluding carboxylic acids is 1. The number of hydrogen-bond acceptors (Lipinski definition) is 2. The van der Waals surface area contributed by atoms with E-state index in [-0.39, 0.29) is 6.03 Å². The molecule has 28 heavy (non-hydrogen) atoms. The molecule has 2 aromatic carbocycles. The summed E-state index contributed by atoms with van der Waals surface area (Å²) in [5.74, 6) is 0.554. The molecule has 2 amide bonds. The van der Waals surface area contributed by atoms with E-state index in [0.717, 1.165) is 55.8 Å². The minimum absolute atomic E-state index is 0.102. The van der Waals surface area contributed by atoms with Crippen molar-refractivity contribution in [3.63, 3.8) is 0 Å². The molecule has 0 bridgehead atoms. The fraction of sp³-hybridized carbons (Fsp3) is 0.458. The highest BCUT2D eigenvalue weighted by Crippen LogP contribution is 2.21. The average molecular weight is 380 g/mol. The third kappa shape index (κ3) is 5.35. The van der Waals surface area contributed by atoms with Gasteiger partial charge in [0.15, 0.2) is 0 Å². The van der Waals surface area contributed by atoms with Gasteiger partial charge in [-0.1, -0.05) is 42.0 Å². The zero-order valence-corrected chi connectivity index (χ0v) is 17.6. The highest BCUT2D eigenvalue weighted by molar-refractivity contribution is 5.90. The van der Waals surface area contributed by atoms with Gasteiger partial charge in [-0.15, -0.1) is 0 Å². The fourth-order valence-electron chi connectivity index (χ4n) is 3.97. The van der Waals surface area contributed by atoms with Crippen molar-refractivity contribution in [1.29, 1.82) is 0 Å². The molecule has 0 saturated carbocycles. The summed E-state index contributed by atoms with van der Waals surface area (Å²) in [6.07, 6.45) is 2.27. The zero-order chi connectivity index (χ0) is 20.1. The number of urea groups is 1. The molecule has 0 unspecified atom stereocenters. The Hall–Kier alpha value is -2.33. The van der Waals surface area contributed by atoms with Gasteiger partial charge in [0.2, 0.25) is 0 Å². The van der Waals surface area contributed by atoms with Gasteiger partial charge >= 0.3 is 6.03 Å². The van der Waals surface area contributed by atoms with E-state index in [1.54, 1.807) is 0 Å². The molecule has 4 heteroatoms. The van der Waals surface area contributed by atoms with Crippen LogP contribution in [0.2, 0.25) is 0 Å². The topological polar surface area (TPSA) is 44.4 Å². The number of amides is 2. The second-order valence-corrected chi connectivity index (χ2v) is 8.25. The first-order valence-corrected chi connectivity index (χ1v) is 10.3. The predicted molar refractivity (Wildman–Crippen MR) is 117 cm³/mol. The Labute approximate surface area is 169 Å². The molecular weight excluding hydrogens is 346 g/mol. The number of nitrogens with one attached hydrogen (secondary N) is 2. The van der Waals surface area contributed by atoms with E-state index < -0.39 is 0 Å². The minimum atomic E-state index is -0.102. The summed E-state index contributed by atoms with van der Waals surface area (Å²) in [6, 6.07) is 12.7. The lowest BCUT2D eigenvalue weighted by Crippen LogP contribution is -2.39. The molecule has 2 N–H and O–H groups in total. The Morgan fingerprint density at radius 2 is 1.68 bits per heavy atom. The summed E-state index contributed by atoms with van der Waals surface area (Å²) in [5, 5.41) is 6.08. The molecule has 0 spiro atoms. The van der Waals surface area contributed by atoms with Crippen LogP contribution < -0.4 is 10.6 Å². The number of hydrogen-bond donors (Lipinski definition) is 2. The number of likely N-dealkylation sites (tertiary alicyclic amines) is 1. The Kier molecular flexibility index (Phi) is 6.74. The Bertz CT molecular complexity index is 802. The number of nitrogens with zero attached hydrogens (tertiary/aromatic N) is 1. The minimum Gasteiger partial charge on any atom is -0.338 e. The van der Waals surface area contributed by atoms with E-state index in [2.05, 4.69) is 47.6 Å². The van der Waals surface area contributed by atoms with Gasteiger partial charge in [0, 0.05) is 18.8 Å². The molecule has 0 aromatic heterocycles. The van der Waals surface area contributed by atoms with Gasteiger partial charge in [-0.25, -0.2) is 4.79 Å². The molecule has 4 nitrogen and oxygen atoms in total. The average Bonchev–Trinajstić information content (AvgIpc) is 2.67. The number of piperidine rings is 1. The first-order valence-electron chi connectivity index (χ1n) is 10.3. The second-order valence-electron chi connectivity index (χ2n) is 8.25. The van der Waals surface area contributed by atoms with Gasteiger partial charge in [0.25, 0.3) is 0 Å². The molecule has 0 aliphatic carbocycles. The lowest BCUT2D eigenvalue weighted by molar-refractivity contribution is 0.175. The summed E-state index contributed by atoms with van der Waals surface area (Å²) in [7, 11) is 0.